The molecule has 144 valence electrons. The van der Waals surface area contributed by atoms with Crippen molar-refractivity contribution < 1.29 is 9.53 Å². The molecular formula is C19H18N4O3S2. The van der Waals surface area contributed by atoms with Gasteiger partial charge in [0.15, 0.2) is 0 Å². The average molecular weight is 415 g/mol. The molecule has 0 saturated heterocycles. The summed E-state index contributed by atoms with van der Waals surface area (Å²) in [6.07, 6.45) is 1.65. The number of hydrazone groups is 1. The minimum Gasteiger partial charge on any atom is -0.497 e. The maximum Gasteiger partial charge on any atom is 0.276 e. The number of fused-ring (bicyclic) bond motifs is 1. The van der Waals surface area contributed by atoms with Gasteiger partial charge in [-0.2, -0.15) is 5.10 Å². The van der Waals surface area contributed by atoms with E-state index in [-0.39, 0.29) is 11.5 Å². The van der Waals surface area contributed by atoms with E-state index in [1.54, 1.807) is 24.7 Å². The van der Waals surface area contributed by atoms with E-state index in [0.29, 0.717) is 27.0 Å². The van der Waals surface area contributed by atoms with E-state index in [4.69, 9.17) is 4.74 Å². The number of amides is 1. The molecule has 0 spiro atoms. The Morgan fingerprint density at radius 2 is 2.14 bits per heavy atom. The fraction of sp³-hybridized carbons (Fsp3) is 0.211. The van der Waals surface area contributed by atoms with Crippen LogP contribution >= 0.6 is 23.1 Å². The van der Waals surface area contributed by atoms with Crippen molar-refractivity contribution in [3.63, 3.8) is 0 Å². The highest BCUT2D eigenvalue weighted by atomic mass is 32.2. The largest absolute Gasteiger partial charge is 0.497 e. The van der Waals surface area contributed by atoms with Crippen LogP contribution in [0.5, 0.6) is 5.75 Å². The summed E-state index contributed by atoms with van der Waals surface area (Å²) in [7, 11) is 3.55. The quantitative estimate of drug-likeness (QED) is 0.761. The molecule has 1 aromatic carbocycles. The third-order valence-electron chi connectivity index (χ3n) is 4.56. The van der Waals surface area contributed by atoms with Crippen LogP contribution in [0.2, 0.25) is 0 Å². The van der Waals surface area contributed by atoms with Crippen LogP contribution in [-0.2, 0) is 11.3 Å². The molecule has 0 saturated carbocycles. The number of aromatic nitrogens is 1. The van der Waals surface area contributed by atoms with E-state index in [9.17, 15) is 9.59 Å². The van der Waals surface area contributed by atoms with Crippen molar-refractivity contribution in [3.05, 3.63) is 50.4 Å². The predicted octanol–water partition coefficient (Wildman–Crippen LogP) is 1.07. The van der Waals surface area contributed by atoms with Gasteiger partial charge >= 0.3 is 0 Å². The number of thioether (sulfide) groups is 1. The van der Waals surface area contributed by atoms with Crippen LogP contribution in [0.1, 0.15) is 6.92 Å². The zero-order valence-electron chi connectivity index (χ0n) is 15.6. The predicted molar refractivity (Wildman–Crippen MR) is 113 cm³/mol. The Labute approximate surface area is 169 Å². The minimum absolute atomic E-state index is 0.144. The fourth-order valence-electron chi connectivity index (χ4n) is 3.14. The standard InChI is InChI=1S/C19H18N4O3S2/c1-5-8-23-17(25)15(28-18(23)14-10(2)20-21-16(14)24)19-22(3)12-9-11(26-4)6-7-13(12)27-19/h5-7,9H,1,8H2,2-4H3,(H,21,24)/b18-14?,19-15-. The molecule has 3 heterocycles. The number of carbonyl (C=O) groups is 1. The van der Waals surface area contributed by atoms with Gasteiger partial charge in [0.2, 0.25) is 0 Å². The van der Waals surface area contributed by atoms with Crippen molar-refractivity contribution >= 4 is 51.0 Å². The molecule has 0 unspecified atom stereocenters. The molecule has 4 rings (SSSR count). The Bertz CT molecular complexity index is 1220. The van der Waals surface area contributed by atoms with Crippen LogP contribution in [-0.4, -0.2) is 30.3 Å². The van der Waals surface area contributed by atoms with E-state index in [2.05, 4.69) is 17.1 Å². The van der Waals surface area contributed by atoms with Crippen molar-refractivity contribution in [2.45, 2.75) is 18.4 Å². The first kappa shape index (κ1) is 18.6. The highest BCUT2D eigenvalue weighted by Gasteiger charge is 2.27. The minimum atomic E-state index is -0.298. The van der Waals surface area contributed by atoms with Crippen LogP contribution < -0.4 is 29.8 Å². The molecular weight excluding hydrogens is 396 g/mol. The maximum atomic E-state index is 13.2. The molecule has 2 aromatic rings. The Morgan fingerprint density at radius 3 is 2.79 bits per heavy atom. The normalized spacial score (nSPS) is 19.5. The number of ether oxygens (including phenoxy) is 1. The van der Waals surface area contributed by atoms with E-state index >= 15 is 0 Å². The second-order valence-corrected chi connectivity index (χ2v) is 8.28. The number of methoxy groups -OCH3 is 1. The molecule has 1 aromatic heterocycles. The first-order valence-corrected chi connectivity index (χ1v) is 10.1. The van der Waals surface area contributed by atoms with E-state index in [1.807, 2.05) is 30.1 Å². The summed E-state index contributed by atoms with van der Waals surface area (Å²) in [5.41, 5.74) is 4.30. The third kappa shape index (κ3) is 2.78. The van der Waals surface area contributed by atoms with Gasteiger partial charge in [-0.05, 0) is 19.1 Å². The maximum absolute atomic E-state index is 13.2. The molecule has 28 heavy (non-hydrogen) atoms. The molecule has 0 bridgehead atoms. The van der Waals surface area contributed by atoms with E-state index < -0.39 is 0 Å². The van der Waals surface area contributed by atoms with Gasteiger partial charge in [0, 0.05) is 24.6 Å². The Balaban J connectivity index is 2.00. The lowest BCUT2D eigenvalue weighted by molar-refractivity contribution is -0.115. The monoisotopic (exact) mass is 414 g/mol. The molecule has 0 aliphatic carbocycles. The van der Waals surface area contributed by atoms with E-state index in [1.165, 1.54) is 23.1 Å². The van der Waals surface area contributed by atoms with Crippen LogP contribution in [0.25, 0.3) is 10.6 Å². The second kappa shape index (κ2) is 6.99. The Hall–Kier alpha value is -2.78. The van der Waals surface area contributed by atoms with Gasteiger partial charge in [0.05, 0.1) is 24.1 Å². The molecule has 1 amide bonds. The molecule has 1 N–H and O–H groups in total. The number of hydrogen-bond donors (Lipinski definition) is 1. The molecule has 0 fully saturated rings. The highest BCUT2D eigenvalue weighted by Crippen LogP contribution is 2.46. The van der Waals surface area contributed by atoms with Gasteiger partial charge in [-0.1, -0.05) is 17.8 Å². The zero-order chi connectivity index (χ0) is 20.0. The fourth-order valence-corrected chi connectivity index (χ4v) is 5.68. The lowest BCUT2D eigenvalue weighted by Crippen LogP contribution is -2.35. The van der Waals surface area contributed by atoms with Gasteiger partial charge in [0.1, 0.15) is 20.0 Å². The summed E-state index contributed by atoms with van der Waals surface area (Å²) in [6.45, 7) is 5.81. The summed E-state index contributed by atoms with van der Waals surface area (Å²) in [6, 6.07) is 5.83. The number of anilines is 1. The first-order chi connectivity index (χ1) is 13.5. The van der Waals surface area contributed by atoms with Crippen LogP contribution in [0.4, 0.5) is 5.69 Å². The molecule has 9 heteroatoms. The number of benzene rings is 1. The lowest BCUT2D eigenvalue weighted by Gasteiger charge is -2.13. The van der Waals surface area contributed by atoms with Crippen molar-refractivity contribution in [2.75, 3.05) is 19.1 Å². The summed E-state index contributed by atoms with van der Waals surface area (Å²) >= 11 is 2.84. The molecule has 0 radical (unpaired) electrons. The molecule has 2 aliphatic heterocycles. The van der Waals surface area contributed by atoms with Crippen LogP contribution in [0.3, 0.4) is 0 Å². The topological polar surface area (TPSA) is 75.9 Å². The van der Waals surface area contributed by atoms with E-state index in [0.717, 1.165) is 21.4 Å². The number of carbonyl (C=O) groups excluding carboxylic acids is 1. The smallest absolute Gasteiger partial charge is 0.276 e. The second-order valence-electron chi connectivity index (χ2n) is 6.25. The summed E-state index contributed by atoms with van der Waals surface area (Å²) in [5, 5.41) is 4.82. The summed E-state index contributed by atoms with van der Waals surface area (Å²) in [4.78, 5) is 28.5. The van der Waals surface area contributed by atoms with Crippen LogP contribution in [0, 0.1) is 0 Å². The summed E-state index contributed by atoms with van der Waals surface area (Å²) in [5.74, 6) is 0.460. The van der Waals surface area contributed by atoms with Crippen molar-refractivity contribution in [3.8, 4) is 5.75 Å². The van der Waals surface area contributed by atoms with Crippen LogP contribution in [0.15, 0.2) is 45.6 Å². The lowest BCUT2D eigenvalue weighted by atomic mass is 10.2. The third-order valence-corrected chi connectivity index (χ3v) is 7.11. The zero-order valence-corrected chi connectivity index (χ0v) is 17.2. The molecule has 7 nitrogen and oxygen atoms in total. The first-order valence-electron chi connectivity index (χ1n) is 8.50. The number of allylic oxidation sites excluding steroid dienone is 1. The van der Waals surface area contributed by atoms with Gasteiger partial charge < -0.3 is 9.64 Å². The van der Waals surface area contributed by atoms with Crippen molar-refractivity contribution in [2.24, 2.45) is 5.10 Å². The van der Waals surface area contributed by atoms with Crippen molar-refractivity contribution in [1.82, 2.24) is 9.99 Å². The number of thiazole rings is 1. The number of hydrogen-bond acceptors (Lipinski definition) is 7. The highest BCUT2D eigenvalue weighted by molar-refractivity contribution is 8.08. The van der Waals surface area contributed by atoms with Crippen molar-refractivity contribution in [1.29, 1.82) is 0 Å². The number of nitrogens with zero attached hydrogens (tertiary/aromatic N) is 3. The Kier molecular flexibility index (Phi) is 4.64. The van der Waals surface area contributed by atoms with Gasteiger partial charge in [-0.15, -0.1) is 17.9 Å². The molecule has 2 aliphatic rings. The average Bonchev–Trinajstić information content (AvgIpc) is 3.30. The number of nitrogens with one attached hydrogen (secondary N) is 1. The van der Waals surface area contributed by atoms with Gasteiger partial charge in [0.25, 0.3) is 11.5 Å². The molecule has 0 atom stereocenters. The number of rotatable bonds is 3. The summed E-state index contributed by atoms with van der Waals surface area (Å²) < 4.78 is 8.07. The van der Waals surface area contributed by atoms with Gasteiger partial charge in [-0.3, -0.25) is 14.2 Å². The SMILES string of the molecule is C=CCn1c(=C2C(=O)NN=C2C)s/c(=C2\Sc3ccc(OC)cc3N2C)c1=O. The van der Waals surface area contributed by atoms with Gasteiger partial charge in [-0.25, -0.2) is 5.43 Å². The Morgan fingerprint density at radius 1 is 1.36 bits per heavy atom.